The number of rotatable bonds is 10. The molecule has 1 aromatic heterocycles. The van der Waals surface area contributed by atoms with Crippen LogP contribution in [0, 0.1) is 0 Å². The minimum atomic E-state index is -0.399. The molecule has 0 saturated heterocycles. The van der Waals surface area contributed by atoms with Crippen molar-refractivity contribution in [1.82, 2.24) is 10.2 Å². The fraction of sp³-hybridized carbons (Fsp3) is 0.400. The number of likely N-dealkylation sites (N-methyl/N-ethyl adjacent to an activating group) is 1. The van der Waals surface area contributed by atoms with E-state index in [1.54, 1.807) is 36.4 Å². The third-order valence-corrected chi connectivity index (χ3v) is 4.15. The Bertz CT molecular complexity index is 735. The van der Waals surface area contributed by atoms with Gasteiger partial charge >= 0.3 is 5.97 Å². The number of nitrogens with one attached hydrogen (secondary N) is 1. The van der Waals surface area contributed by atoms with Crippen molar-refractivity contribution in [1.29, 1.82) is 0 Å². The summed E-state index contributed by atoms with van der Waals surface area (Å²) in [6, 6.07) is 9.94. The number of amides is 1. The smallest absolute Gasteiger partial charge is 0.337 e. The predicted octanol–water partition coefficient (Wildman–Crippen LogP) is 2.72. The Morgan fingerprint density at radius 2 is 1.78 bits per heavy atom. The molecule has 0 spiro atoms. The molecule has 7 nitrogen and oxygen atoms in total. The Morgan fingerprint density at radius 1 is 1.07 bits per heavy atom. The van der Waals surface area contributed by atoms with E-state index < -0.39 is 5.97 Å². The highest BCUT2D eigenvalue weighted by Gasteiger charge is 2.12. The Hall–Kier alpha value is -2.80. The van der Waals surface area contributed by atoms with Crippen LogP contribution in [-0.2, 0) is 11.3 Å². The first kappa shape index (κ1) is 20.5. The van der Waals surface area contributed by atoms with Crippen molar-refractivity contribution in [3.05, 3.63) is 53.5 Å². The zero-order valence-corrected chi connectivity index (χ0v) is 16.0. The zero-order chi connectivity index (χ0) is 19.6. The van der Waals surface area contributed by atoms with Gasteiger partial charge in [-0.15, -0.1) is 0 Å². The van der Waals surface area contributed by atoms with Crippen LogP contribution < -0.4 is 10.1 Å². The SMILES string of the molecule is CCN(CC)CCNC(=O)c1ccc(COc2ccc(C(=O)OC)cc2)o1. The van der Waals surface area contributed by atoms with Gasteiger partial charge < -0.3 is 24.1 Å². The highest BCUT2D eigenvalue weighted by Crippen LogP contribution is 2.16. The van der Waals surface area contributed by atoms with Gasteiger partial charge in [-0.25, -0.2) is 4.79 Å². The van der Waals surface area contributed by atoms with E-state index in [2.05, 4.69) is 28.8 Å². The summed E-state index contributed by atoms with van der Waals surface area (Å²) in [7, 11) is 1.33. The van der Waals surface area contributed by atoms with Crippen LogP contribution >= 0.6 is 0 Å². The van der Waals surface area contributed by atoms with Gasteiger partial charge in [-0.1, -0.05) is 13.8 Å². The third-order valence-electron chi connectivity index (χ3n) is 4.15. The molecule has 7 heteroatoms. The molecule has 0 aliphatic rings. The maximum atomic E-state index is 12.1. The number of benzene rings is 1. The van der Waals surface area contributed by atoms with Crippen LogP contribution in [0.15, 0.2) is 40.8 Å². The molecule has 1 heterocycles. The number of furan rings is 1. The molecular formula is C20H26N2O5. The number of esters is 1. The molecular weight excluding hydrogens is 348 g/mol. The van der Waals surface area contributed by atoms with Crippen LogP contribution in [-0.4, -0.2) is 50.1 Å². The molecule has 0 aliphatic carbocycles. The topological polar surface area (TPSA) is 81.0 Å². The van der Waals surface area contributed by atoms with Crippen molar-refractivity contribution in [2.24, 2.45) is 0 Å². The monoisotopic (exact) mass is 374 g/mol. The molecule has 0 aliphatic heterocycles. The second kappa shape index (κ2) is 10.4. The number of carbonyl (C=O) groups is 2. The average molecular weight is 374 g/mol. The summed E-state index contributed by atoms with van der Waals surface area (Å²) < 4.78 is 15.8. The second-order valence-electron chi connectivity index (χ2n) is 5.85. The minimum Gasteiger partial charge on any atom is -0.486 e. The summed E-state index contributed by atoms with van der Waals surface area (Å²) in [6.45, 7) is 7.64. The van der Waals surface area contributed by atoms with Crippen molar-refractivity contribution in [3.63, 3.8) is 0 Å². The van der Waals surface area contributed by atoms with Gasteiger partial charge in [0, 0.05) is 13.1 Å². The normalized spacial score (nSPS) is 10.7. The Balaban J connectivity index is 1.81. The standard InChI is InChI=1S/C20H26N2O5/c1-4-22(5-2)13-12-21-19(23)18-11-10-17(27-18)14-26-16-8-6-15(7-9-16)20(24)25-3/h6-11H,4-5,12-14H2,1-3H3,(H,21,23). The molecule has 0 saturated carbocycles. The molecule has 0 bridgehead atoms. The molecule has 27 heavy (non-hydrogen) atoms. The number of hydrogen-bond donors (Lipinski definition) is 1. The number of carbonyl (C=O) groups excluding carboxylic acids is 2. The predicted molar refractivity (Wildman–Crippen MR) is 101 cm³/mol. The van der Waals surface area contributed by atoms with Crippen molar-refractivity contribution in [3.8, 4) is 5.75 Å². The van der Waals surface area contributed by atoms with Crippen LogP contribution in [0.4, 0.5) is 0 Å². The summed E-state index contributed by atoms with van der Waals surface area (Å²) in [5.41, 5.74) is 0.450. The van der Waals surface area contributed by atoms with Crippen molar-refractivity contribution >= 4 is 11.9 Å². The quantitative estimate of drug-likeness (QED) is 0.644. The van der Waals surface area contributed by atoms with Gasteiger partial charge in [0.15, 0.2) is 5.76 Å². The van der Waals surface area contributed by atoms with Gasteiger partial charge in [-0.2, -0.15) is 0 Å². The lowest BCUT2D eigenvalue weighted by Gasteiger charge is -2.17. The molecule has 1 N–H and O–H groups in total. The van der Waals surface area contributed by atoms with E-state index in [4.69, 9.17) is 9.15 Å². The highest BCUT2D eigenvalue weighted by atomic mass is 16.5. The maximum absolute atomic E-state index is 12.1. The van der Waals surface area contributed by atoms with E-state index in [0.29, 0.717) is 23.6 Å². The van der Waals surface area contributed by atoms with Crippen LogP contribution in [0.2, 0.25) is 0 Å². The van der Waals surface area contributed by atoms with Crippen molar-refractivity contribution < 1.29 is 23.5 Å². The molecule has 0 radical (unpaired) electrons. The van der Waals surface area contributed by atoms with Crippen LogP contribution in [0.25, 0.3) is 0 Å². The summed E-state index contributed by atoms with van der Waals surface area (Å²) in [5.74, 6) is 0.750. The number of hydrogen-bond acceptors (Lipinski definition) is 6. The summed E-state index contributed by atoms with van der Waals surface area (Å²) in [4.78, 5) is 25.7. The van der Waals surface area contributed by atoms with E-state index >= 15 is 0 Å². The summed E-state index contributed by atoms with van der Waals surface area (Å²) >= 11 is 0. The minimum absolute atomic E-state index is 0.185. The molecule has 0 atom stereocenters. The van der Waals surface area contributed by atoms with Crippen LogP contribution in [0.3, 0.4) is 0 Å². The first-order valence-corrected chi connectivity index (χ1v) is 8.97. The van der Waals surface area contributed by atoms with Crippen LogP contribution in [0.5, 0.6) is 5.75 Å². The van der Waals surface area contributed by atoms with E-state index in [0.717, 1.165) is 19.6 Å². The summed E-state index contributed by atoms with van der Waals surface area (Å²) in [6.07, 6.45) is 0. The number of methoxy groups -OCH3 is 1. The average Bonchev–Trinajstić information content (AvgIpc) is 3.18. The van der Waals surface area contributed by atoms with E-state index in [-0.39, 0.29) is 18.3 Å². The lowest BCUT2D eigenvalue weighted by atomic mass is 10.2. The van der Waals surface area contributed by atoms with E-state index in [9.17, 15) is 9.59 Å². The van der Waals surface area contributed by atoms with Gasteiger partial charge in [0.25, 0.3) is 5.91 Å². The fourth-order valence-electron chi connectivity index (χ4n) is 2.49. The lowest BCUT2D eigenvalue weighted by molar-refractivity contribution is 0.0600. The molecule has 0 fully saturated rings. The Morgan fingerprint density at radius 3 is 2.41 bits per heavy atom. The van der Waals surface area contributed by atoms with E-state index in [1.807, 2.05) is 0 Å². The Kier molecular flexibility index (Phi) is 7.88. The van der Waals surface area contributed by atoms with Gasteiger partial charge in [0.05, 0.1) is 12.7 Å². The van der Waals surface area contributed by atoms with Crippen molar-refractivity contribution in [2.45, 2.75) is 20.5 Å². The number of nitrogens with zero attached hydrogens (tertiary/aromatic N) is 1. The van der Waals surface area contributed by atoms with Crippen molar-refractivity contribution in [2.75, 3.05) is 33.3 Å². The molecule has 2 aromatic rings. The van der Waals surface area contributed by atoms with Gasteiger partial charge in [-0.05, 0) is 49.5 Å². The summed E-state index contributed by atoms with van der Waals surface area (Å²) in [5, 5.41) is 2.85. The molecule has 0 unspecified atom stereocenters. The molecule has 1 amide bonds. The first-order valence-electron chi connectivity index (χ1n) is 8.97. The highest BCUT2D eigenvalue weighted by molar-refractivity contribution is 5.91. The van der Waals surface area contributed by atoms with E-state index in [1.165, 1.54) is 7.11 Å². The largest absolute Gasteiger partial charge is 0.486 e. The van der Waals surface area contributed by atoms with Gasteiger partial charge in [0.1, 0.15) is 18.1 Å². The molecule has 146 valence electrons. The first-order chi connectivity index (χ1) is 13.1. The lowest BCUT2D eigenvalue weighted by Crippen LogP contribution is -2.34. The second-order valence-corrected chi connectivity index (χ2v) is 5.85. The van der Waals surface area contributed by atoms with Gasteiger partial charge in [-0.3, -0.25) is 4.79 Å². The molecule has 2 rings (SSSR count). The zero-order valence-electron chi connectivity index (χ0n) is 16.0. The fourth-order valence-corrected chi connectivity index (χ4v) is 2.49. The van der Waals surface area contributed by atoms with Gasteiger partial charge in [0.2, 0.25) is 0 Å². The third kappa shape index (κ3) is 6.14. The maximum Gasteiger partial charge on any atom is 0.337 e. The molecule has 1 aromatic carbocycles. The number of ether oxygens (including phenoxy) is 2. The Labute approximate surface area is 159 Å². The van der Waals surface area contributed by atoms with Crippen LogP contribution in [0.1, 0.15) is 40.5 Å².